The first kappa shape index (κ1) is 10.9. The summed E-state index contributed by atoms with van der Waals surface area (Å²) in [6, 6.07) is -0.840. The number of sulfonamides is 1. The third-order valence-corrected chi connectivity index (χ3v) is 6.08. The van der Waals surface area contributed by atoms with Crippen LogP contribution in [0.2, 0.25) is 0 Å². The number of carboxylic acid groups (broad SMARTS) is 1. The van der Waals surface area contributed by atoms with Crippen LogP contribution in [0, 0.1) is 0 Å². The summed E-state index contributed by atoms with van der Waals surface area (Å²) in [6.07, 6.45) is 2.38. The minimum Gasteiger partial charge on any atom is -0.480 e. The minimum atomic E-state index is -3.41. The molecule has 0 spiro atoms. The average Bonchev–Trinajstić information content (AvgIpc) is 2.73. The van der Waals surface area contributed by atoms with E-state index in [1.54, 1.807) is 6.92 Å². The highest BCUT2D eigenvalue weighted by Crippen LogP contribution is 2.46. The van der Waals surface area contributed by atoms with Crippen molar-refractivity contribution in [1.29, 1.82) is 0 Å². The smallest absolute Gasteiger partial charge is 0.322 e. The van der Waals surface area contributed by atoms with Gasteiger partial charge >= 0.3 is 5.97 Å². The molecule has 1 N–H and O–H groups in total. The number of nitrogens with zero attached hydrogens (tertiary/aromatic N) is 1. The zero-order chi connectivity index (χ0) is 11.3. The van der Waals surface area contributed by atoms with Crippen molar-refractivity contribution in [3.8, 4) is 0 Å². The normalized spacial score (nSPS) is 30.3. The SMILES string of the molecule is CC1(S(=O)(=O)N2CCCC2C(=O)O)CC1. The van der Waals surface area contributed by atoms with Crippen LogP contribution in [0.4, 0.5) is 0 Å². The Hall–Kier alpha value is -0.620. The maximum absolute atomic E-state index is 12.1. The van der Waals surface area contributed by atoms with Crippen molar-refractivity contribution in [2.24, 2.45) is 0 Å². The van der Waals surface area contributed by atoms with Crippen LogP contribution < -0.4 is 0 Å². The van der Waals surface area contributed by atoms with E-state index in [4.69, 9.17) is 5.11 Å². The molecular weight excluding hydrogens is 218 g/mol. The maximum atomic E-state index is 12.1. The molecule has 2 aliphatic rings. The summed E-state index contributed by atoms with van der Waals surface area (Å²) in [6.45, 7) is 2.05. The van der Waals surface area contributed by atoms with Crippen molar-refractivity contribution >= 4 is 16.0 Å². The van der Waals surface area contributed by atoms with E-state index in [1.807, 2.05) is 0 Å². The topological polar surface area (TPSA) is 74.7 Å². The Morgan fingerprint density at radius 1 is 1.47 bits per heavy atom. The van der Waals surface area contributed by atoms with Gasteiger partial charge in [0.1, 0.15) is 6.04 Å². The predicted octanol–water partition coefficient (Wildman–Crippen LogP) is 0.418. The van der Waals surface area contributed by atoms with Gasteiger partial charge < -0.3 is 5.11 Å². The summed E-state index contributed by atoms with van der Waals surface area (Å²) in [4.78, 5) is 10.9. The van der Waals surface area contributed by atoms with Gasteiger partial charge in [0.05, 0.1) is 4.75 Å². The zero-order valence-corrected chi connectivity index (χ0v) is 9.46. The molecule has 1 atom stereocenters. The molecule has 0 amide bonds. The van der Waals surface area contributed by atoms with E-state index >= 15 is 0 Å². The number of rotatable bonds is 3. The Balaban J connectivity index is 2.27. The van der Waals surface area contributed by atoms with Gasteiger partial charge in [-0.1, -0.05) is 0 Å². The molecule has 1 saturated heterocycles. The molecule has 0 bridgehead atoms. The molecule has 0 radical (unpaired) electrons. The lowest BCUT2D eigenvalue weighted by Gasteiger charge is -2.24. The van der Waals surface area contributed by atoms with Gasteiger partial charge in [0.2, 0.25) is 10.0 Å². The molecule has 6 heteroatoms. The van der Waals surface area contributed by atoms with Gasteiger partial charge in [0.15, 0.2) is 0 Å². The molecule has 0 aromatic heterocycles. The summed E-state index contributed by atoms with van der Waals surface area (Å²) in [5.41, 5.74) is 0. The van der Waals surface area contributed by atoms with Crippen LogP contribution in [0.1, 0.15) is 32.6 Å². The van der Waals surface area contributed by atoms with Crippen LogP contribution in [-0.4, -0.2) is 41.1 Å². The molecule has 1 saturated carbocycles. The lowest BCUT2D eigenvalue weighted by atomic mass is 10.2. The van der Waals surface area contributed by atoms with Crippen molar-refractivity contribution < 1.29 is 18.3 Å². The van der Waals surface area contributed by atoms with Crippen molar-refractivity contribution in [3.05, 3.63) is 0 Å². The number of aliphatic carboxylic acids is 1. The van der Waals surface area contributed by atoms with Crippen LogP contribution in [0.25, 0.3) is 0 Å². The van der Waals surface area contributed by atoms with Crippen LogP contribution >= 0.6 is 0 Å². The van der Waals surface area contributed by atoms with E-state index in [9.17, 15) is 13.2 Å². The lowest BCUT2D eigenvalue weighted by Crippen LogP contribution is -2.45. The highest BCUT2D eigenvalue weighted by molar-refractivity contribution is 7.90. The Bertz CT molecular complexity index is 385. The summed E-state index contributed by atoms with van der Waals surface area (Å²) in [5, 5.41) is 8.93. The molecule has 1 aliphatic carbocycles. The van der Waals surface area contributed by atoms with Crippen molar-refractivity contribution in [1.82, 2.24) is 4.31 Å². The fraction of sp³-hybridized carbons (Fsp3) is 0.889. The van der Waals surface area contributed by atoms with Gasteiger partial charge in [-0.05, 0) is 32.6 Å². The predicted molar refractivity (Wildman–Crippen MR) is 53.9 cm³/mol. The van der Waals surface area contributed by atoms with Crippen molar-refractivity contribution in [2.45, 2.75) is 43.4 Å². The molecule has 86 valence electrons. The maximum Gasteiger partial charge on any atom is 0.322 e. The van der Waals surface area contributed by atoms with E-state index in [0.717, 1.165) is 0 Å². The number of carboxylic acids is 1. The molecule has 1 aliphatic heterocycles. The van der Waals surface area contributed by atoms with E-state index in [2.05, 4.69) is 0 Å². The Morgan fingerprint density at radius 3 is 2.53 bits per heavy atom. The molecule has 2 fully saturated rings. The second-order valence-electron chi connectivity index (χ2n) is 4.56. The van der Waals surface area contributed by atoms with Crippen LogP contribution in [0.5, 0.6) is 0 Å². The van der Waals surface area contributed by atoms with Crippen LogP contribution in [0.15, 0.2) is 0 Å². The van der Waals surface area contributed by atoms with Gasteiger partial charge in [-0.3, -0.25) is 4.79 Å². The molecule has 0 aromatic rings. The third kappa shape index (κ3) is 1.56. The summed E-state index contributed by atoms with van der Waals surface area (Å²) < 4.78 is 24.7. The zero-order valence-electron chi connectivity index (χ0n) is 8.64. The fourth-order valence-electron chi connectivity index (χ4n) is 1.99. The molecular formula is C9H15NO4S. The standard InChI is InChI=1S/C9H15NO4S/c1-9(4-5-9)15(13,14)10-6-2-3-7(10)8(11)12/h7H,2-6H2,1H3,(H,11,12). The highest BCUT2D eigenvalue weighted by Gasteiger charge is 2.55. The summed E-state index contributed by atoms with van der Waals surface area (Å²) >= 11 is 0. The van der Waals surface area contributed by atoms with Gasteiger partial charge in [0, 0.05) is 6.54 Å². The molecule has 2 rings (SSSR count). The first-order valence-electron chi connectivity index (χ1n) is 5.13. The van der Waals surface area contributed by atoms with Crippen LogP contribution in [0.3, 0.4) is 0 Å². The second-order valence-corrected chi connectivity index (χ2v) is 6.97. The van der Waals surface area contributed by atoms with Crippen LogP contribution in [-0.2, 0) is 14.8 Å². The lowest BCUT2D eigenvalue weighted by molar-refractivity contribution is -0.140. The largest absolute Gasteiger partial charge is 0.480 e. The van der Waals surface area contributed by atoms with Gasteiger partial charge in [-0.15, -0.1) is 0 Å². The monoisotopic (exact) mass is 233 g/mol. The molecule has 15 heavy (non-hydrogen) atoms. The fourth-order valence-corrected chi connectivity index (χ4v) is 4.08. The van der Waals surface area contributed by atoms with Crippen molar-refractivity contribution in [3.63, 3.8) is 0 Å². The number of hydrogen-bond acceptors (Lipinski definition) is 3. The van der Waals surface area contributed by atoms with E-state index in [1.165, 1.54) is 4.31 Å². The molecule has 1 heterocycles. The molecule has 1 unspecified atom stereocenters. The van der Waals surface area contributed by atoms with E-state index in [0.29, 0.717) is 32.2 Å². The van der Waals surface area contributed by atoms with E-state index in [-0.39, 0.29) is 0 Å². The average molecular weight is 233 g/mol. The first-order chi connectivity index (χ1) is 6.88. The Labute approximate surface area is 89.1 Å². The van der Waals surface area contributed by atoms with Gasteiger partial charge in [-0.2, -0.15) is 4.31 Å². The Morgan fingerprint density at radius 2 is 2.07 bits per heavy atom. The van der Waals surface area contributed by atoms with E-state index < -0.39 is 26.8 Å². The quantitative estimate of drug-likeness (QED) is 0.766. The van der Waals surface area contributed by atoms with Crippen molar-refractivity contribution in [2.75, 3.05) is 6.54 Å². The molecule has 0 aromatic carbocycles. The summed E-state index contributed by atoms with van der Waals surface area (Å²) in [7, 11) is -3.41. The molecule has 5 nitrogen and oxygen atoms in total. The first-order valence-corrected chi connectivity index (χ1v) is 6.57. The van der Waals surface area contributed by atoms with Gasteiger partial charge in [0.25, 0.3) is 0 Å². The minimum absolute atomic E-state index is 0.356. The summed E-state index contributed by atoms with van der Waals surface area (Å²) in [5.74, 6) is -1.03. The highest BCUT2D eigenvalue weighted by atomic mass is 32.2. The van der Waals surface area contributed by atoms with Gasteiger partial charge in [-0.25, -0.2) is 8.42 Å². The Kier molecular flexibility index (Phi) is 2.31. The third-order valence-electron chi connectivity index (χ3n) is 3.37. The number of hydrogen-bond donors (Lipinski definition) is 1. The second kappa shape index (κ2) is 3.18. The number of carbonyl (C=O) groups is 1.